The van der Waals surface area contributed by atoms with Crippen molar-refractivity contribution in [3.8, 4) is 0 Å². The molecule has 1 amide bonds. The number of ether oxygens (including phenoxy) is 1. The van der Waals surface area contributed by atoms with Gasteiger partial charge >= 0.3 is 5.97 Å². The van der Waals surface area contributed by atoms with E-state index in [-0.39, 0.29) is 5.56 Å². The van der Waals surface area contributed by atoms with E-state index in [0.717, 1.165) is 36.0 Å². The highest BCUT2D eigenvalue weighted by molar-refractivity contribution is 7.17. The standard InChI is InChI=1S/C21H19NO5S/c1-11-7-8-13-16(9-11)28-20(17(13)21(25)26-2)22-19(24)14-10-27-15-6-4-3-5-12(15)18(14)23/h3-6,10-11H,7-9H2,1-2H3,(H,22,24). The average molecular weight is 397 g/mol. The lowest BCUT2D eigenvalue weighted by Crippen LogP contribution is -2.22. The number of hydrogen-bond acceptors (Lipinski definition) is 6. The van der Waals surface area contributed by atoms with Crippen LogP contribution in [0.15, 0.2) is 39.7 Å². The molecule has 0 fully saturated rings. The van der Waals surface area contributed by atoms with E-state index in [1.807, 2.05) is 0 Å². The van der Waals surface area contributed by atoms with Crippen molar-refractivity contribution >= 4 is 39.2 Å². The van der Waals surface area contributed by atoms with Crippen LogP contribution < -0.4 is 10.7 Å². The number of carbonyl (C=O) groups is 2. The minimum atomic E-state index is -0.601. The lowest BCUT2D eigenvalue weighted by molar-refractivity contribution is 0.0601. The fraction of sp³-hybridized carbons (Fsp3) is 0.286. The fourth-order valence-electron chi connectivity index (χ4n) is 3.56. The molecule has 4 rings (SSSR count). The van der Waals surface area contributed by atoms with Gasteiger partial charge in [0.15, 0.2) is 0 Å². The quantitative estimate of drug-likeness (QED) is 0.675. The number of anilines is 1. The molecule has 28 heavy (non-hydrogen) atoms. The number of benzene rings is 1. The minimum Gasteiger partial charge on any atom is -0.465 e. The smallest absolute Gasteiger partial charge is 0.341 e. The van der Waals surface area contributed by atoms with Crippen LogP contribution >= 0.6 is 11.3 Å². The lowest BCUT2D eigenvalue weighted by Gasteiger charge is -2.18. The molecule has 1 aliphatic rings. The summed E-state index contributed by atoms with van der Waals surface area (Å²) in [6, 6.07) is 6.75. The fourth-order valence-corrected chi connectivity index (χ4v) is 4.96. The maximum atomic E-state index is 12.8. The number of hydrogen-bond donors (Lipinski definition) is 1. The first-order valence-corrected chi connectivity index (χ1v) is 9.86. The molecule has 1 aliphatic carbocycles. The van der Waals surface area contributed by atoms with Gasteiger partial charge in [0.2, 0.25) is 5.43 Å². The second kappa shape index (κ2) is 7.24. The molecule has 0 spiro atoms. The summed E-state index contributed by atoms with van der Waals surface area (Å²) in [7, 11) is 1.32. The monoisotopic (exact) mass is 397 g/mol. The summed E-state index contributed by atoms with van der Waals surface area (Å²) < 4.78 is 10.4. The van der Waals surface area contributed by atoms with Crippen LogP contribution in [0.5, 0.6) is 0 Å². The van der Waals surface area contributed by atoms with E-state index in [4.69, 9.17) is 9.15 Å². The highest BCUT2D eigenvalue weighted by Gasteiger charge is 2.29. The summed E-state index contributed by atoms with van der Waals surface area (Å²) in [5.41, 5.74) is 1.24. The molecule has 2 aromatic heterocycles. The summed E-state index contributed by atoms with van der Waals surface area (Å²) in [6.07, 6.45) is 3.77. The number of thiophene rings is 1. The minimum absolute atomic E-state index is 0.103. The Labute approximate surface area is 165 Å². The molecule has 144 valence electrons. The van der Waals surface area contributed by atoms with E-state index in [1.165, 1.54) is 18.4 Å². The second-order valence-electron chi connectivity index (χ2n) is 6.98. The summed E-state index contributed by atoms with van der Waals surface area (Å²) >= 11 is 1.38. The summed E-state index contributed by atoms with van der Waals surface area (Å²) in [5, 5.41) is 3.49. The van der Waals surface area contributed by atoms with Crippen molar-refractivity contribution in [1.82, 2.24) is 0 Å². The topological polar surface area (TPSA) is 85.6 Å². The maximum Gasteiger partial charge on any atom is 0.341 e. The van der Waals surface area contributed by atoms with Crippen molar-refractivity contribution in [2.75, 3.05) is 12.4 Å². The van der Waals surface area contributed by atoms with Gasteiger partial charge < -0.3 is 14.5 Å². The van der Waals surface area contributed by atoms with Crippen LogP contribution in [0, 0.1) is 5.92 Å². The molecular weight excluding hydrogens is 378 g/mol. The molecule has 0 saturated carbocycles. The van der Waals surface area contributed by atoms with Crippen LogP contribution in [0.4, 0.5) is 5.00 Å². The Hall–Kier alpha value is -2.93. The third kappa shape index (κ3) is 3.11. The molecule has 1 atom stereocenters. The van der Waals surface area contributed by atoms with Gasteiger partial charge in [0, 0.05) is 4.88 Å². The molecule has 7 heteroatoms. The zero-order valence-corrected chi connectivity index (χ0v) is 16.4. The van der Waals surface area contributed by atoms with Crippen LogP contribution in [0.25, 0.3) is 11.0 Å². The average Bonchev–Trinajstić information content (AvgIpc) is 3.04. The SMILES string of the molecule is COC(=O)c1c(NC(=O)c2coc3ccccc3c2=O)sc2c1CCC(C)C2. The predicted octanol–water partition coefficient (Wildman–Crippen LogP) is 4.02. The largest absolute Gasteiger partial charge is 0.465 e. The first-order valence-electron chi connectivity index (χ1n) is 9.04. The lowest BCUT2D eigenvalue weighted by atomic mass is 9.88. The van der Waals surface area contributed by atoms with Gasteiger partial charge in [0.05, 0.1) is 18.1 Å². The van der Waals surface area contributed by atoms with Crippen molar-refractivity contribution < 1.29 is 18.7 Å². The van der Waals surface area contributed by atoms with Gasteiger partial charge in [-0.1, -0.05) is 19.1 Å². The van der Waals surface area contributed by atoms with E-state index in [1.54, 1.807) is 24.3 Å². The first-order chi connectivity index (χ1) is 13.5. The Morgan fingerprint density at radius 3 is 2.86 bits per heavy atom. The molecule has 0 bridgehead atoms. The summed E-state index contributed by atoms with van der Waals surface area (Å²) in [5.74, 6) is -0.558. The van der Waals surface area contributed by atoms with Crippen molar-refractivity contribution in [3.63, 3.8) is 0 Å². The Morgan fingerprint density at radius 1 is 1.29 bits per heavy atom. The molecule has 0 saturated heterocycles. The van der Waals surface area contributed by atoms with Crippen LogP contribution in [-0.4, -0.2) is 19.0 Å². The Balaban J connectivity index is 1.73. The number of fused-ring (bicyclic) bond motifs is 2. The number of nitrogens with one attached hydrogen (secondary N) is 1. The predicted molar refractivity (Wildman–Crippen MR) is 107 cm³/mol. The van der Waals surface area contributed by atoms with Crippen LogP contribution in [0.2, 0.25) is 0 Å². The number of para-hydroxylation sites is 1. The number of esters is 1. The molecular formula is C21H19NO5S. The van der Waals surface area contributed by atoms with Crippen molar-refractivity contribution in [2.24, 2.45) is 5.92 Å². The summed E-state index contributed by atoms with van der Waals surface area (Å²) in [6.45, 7) is 2.17. The van der Waals surface area contributed by atoms with Crippen LogP contribution in [0.3, 0.4) is 0 Å². The van der Waals surface area contributed by atoms with E-state index in [2.05, 4.69) is 12.2 Å². The summed E-state index contributed by atoms with van der Waals surface area (Å²) in [4.78, 5) is 38.9. The third-order valence-corrected chi connectivity index (χ3v) is 6.22. The highest BCUT2D eigenvalue weighted by Crippen LogP contribution is 2.40. The number of methoxy groups -OCH3 is 1. The highest BCUT2D eigenvalue weighted by atomic mass is 32.1. The van der Waals surface area contributed by atoms with Gasteiger partial charge in [-0.15, -0.1) is 11.3 Å². The molecule has 0 radical (unpaired) electrons. The molecule has 1 N–H and O–H groups in total. The number of amides is 1. The van der Waals surface area contributed by atoms with Gasteiger partial charge in [0.25, 0.3) is 5.91 Å². The first kappa shape index (κ1) is 18.4. The van der Waals surface area contributed by atoms with E-state index >= 15 is 0 Å². The molecule has 0 aliphatic heterocycles. The van der Waals surface area contributed by atoms with E-state index < -0.39 is 17.3 Å². The Morgan fingerprint density at radius 2 is 2.07 bits per heavy atom. The van der Waals surface area contributed by atoms with Crippen molar-refractivity contribution in [1.29, 1.82) is 0 Å². The molecule has 1 unspecified atom stereocenters. The van der Waals surface area contributed by atoms with Crippen LogP contribution in [0.1, 0.15) is 44.5 Å². The number of rotatable bonds is 3. The molecule has 1 aromatic carbocycles. The van der Waals surface area contributed by atoms with E-state index in [9.17, 15) is 14.4 Å². The Kier molecular flexibility index (Phi) is 4.77. The van der Waals surface area contributed by atoms with Crippen molar-refractivity contribution in [3.05, 3.63) is 62.3 Å². The zero-order valence-electron chi connectivity index (χ0n) is 15.5. The van der Waals surface area contributed by atoms with Gasteiger partial charge in [-0.2, -0.15) is 0 Å². The molecule has 6 nitrogen and oxygen atoms in total. The third-order valence-electron chi connectivity index (χ3n) is 5.05. The second-order valence-corrected chi connectivity index (χ2v) is 8.08. The van der Waals surface area contributed by atoms with Gasteiger partial charge in [0.1, 0.15) is 22.4 Å². The molecule has 2 heterocycles. The Bertz CT molecular complexity index is 1140. The number of carbonyl (C=O) groups excluding carboxylic acids is 2. The zero-order chi connectivity index (χ0) is 19.8. The van der Waals surface area contributed by atoms with Gasteiger partial charge in [-0.25, -0.2) is 4.79 Å². The normalized spacial score (nSPS) is 15.9. The van der Waals surface area contributed by atoms with Gasteiger partial charge in [-0.05, 0) is 42.9 Å². The van der Waals surface area contributed by atoms with Crippen molar-refractivity contribution in [2.45, 2.75) is 26.2 Å². The van der Waals surface area contributed by atoms with E-state index in [0.29, 0.717) is 27.5 Å². The van der Waals surface area contributed by atoms with Gasteiger partial charge in [-0.3, -0.25) is 9.59 Å². The maximum absolute atomic E-state index is 12.8. The van der Waals surface area contributed by atoms with Crippen LogP contribution in [-0.2, 0) is 17.6 Å². The molecule has 3 aromatic rings.